The molecule has 2 aliphatic rings. The lowest BCUT2D eigenvalue weighted by atomic mass is 9.83. The summed E-state index contributed by atoms with van der Waals surface area (Å²) in [5.41, 5.74) is 16.7. The van der Waals surface area contributed by atoms with Gasteiger partial charge in [-0.05, 0) is 24.0 Å². The van der Waals surface area contributed by atoms with Crippen LogP contribution in [0.3, 0.4) is 0 Å². The molecule has 142 valence electrons. The highest BCUT2D eigenvalue weighted by Crippen LogP contribution is 2.39. The fourth-order valence-electron chi connectivity index (χ4n) is 3.99. The lowest BCUT2D eigenvalue weighted by Crippen LogP contribution is -2.35. The molecule has 1 aliphatic heterocycles. The van der Waals surface area contributed by atoms with Gasteiger partial charge in [-0.1, -0.05) is 62.4 Å². The number of nitrogens with one attached hydrogen (secondary N) is 1. The molecule has 5 heteroatoms. The van der Waals surface area contributed by atoms with Crippen LogP contribution in [0, 0.1) is 0 Å². The second-order valence-electron chi connectivity index (χ2n) is 7.31. The molecule has 0 saturated heterocycles. The fourth-order valence-corrected chi connectivity index (χ4v) is 3.99. The van der Waals surface area contributed by atoms with Crippen LogP contribution in [-0.4, -0.2) is 11.7 Å². The van der Waals surface area contributed by atoms with E-state index in [2.05, 4.69) is 19.2 Å². The van der Waals surface area contributed by atoms with Crippen molar-refractivity contribution in [1.82, 2.24) is 5.32 Å². The predicted octanol–water partition coefficient (Wildman–Crippen LogP) is 3.07. The van der Waals surface area contributed by atoms with E-state index in [9.17, 15) is 9.59 Å². The lowest BCUT2D eigenvalue weighted by molar-refractivity contribution is -0.115. The fraction of sp³-hybridized carbons (Fsp3) is 0.217. The summed E-state index contributed by atoms with van der Waals surface area (Å²) >= 11 is 0. The average Bonchev–Trinajstić information content (AvgIpc) is 3.09. The molecule has 0 radical (unpaired) electrons. The van der Waals surface area contributed by atoms with E-state index in [0.717, 1.165) is 24.0 Å². The van der Waals surface area contributed by atoms with Crippen molar-refractivity contribution in [2.75, 3.05) is 0 Å². The van der Waals surface area contributed by atoms with E-state index in [0.29, 0.717) is 28.1 Å². The molecular formula is C23H23N3O2. The number of ketones is 1. The maximum absolute atomic E-state index is 13.1. The van der Waals surface area contributed by atoms with Crippen LogP contribution in [0.25, 0.3) is 11.4 Å². The molecule has 28 heavy (non-hydrogen) atoms. The summed E-state index contributed by atoms with van der Waals surface area (Å²) in [5.74, 6) is -0.530. The highest BCUT2D eigenvalue weighted by atomic mass is 16.2. The van der Waals surface area contributed by atoms with Gasteiger partial charge >= 0.3 is 0 Å². The first kappa shape index (κ1) is 18.2. The molecule has 5 N–H and O–H groups in total. The maximum atomic E-state index is 13.1. The van der Waals surface area contributed by atoms with Crippen LogP contribution >= 0.6 is 0 Å². The Morgan fingerprint density at radius 1 is 0.893 bits per heavy atom. The van der Waals surface area contributed by atoms with Crippen molar-refractivity contribution in [3.63, 3.8) is 0 Å². The second-order valence-corrected chi connectivity index (χ2v) is 7.31. The molecule has 0 fully saturated rings. The van der Waals surface area contributed by atoms with Gasteiger partial charge < -0.3 is 16.8 Å². The highest BCUT2D eigenvalue weighted by Gasteiger charge is 2.39. The topological polar surface area (TPSA) is 98.2 Å². The zero-order chi connectivity index (χ0) is 20.1. The number of carbonyl (C=O) groups is 2. The highest BCUT2D eigenvalue weighted by molar-refractivity contribution is 6.32. The standard InChI is InChI=1S/C23H23N3O2/c1-3-23(25,4-2)14-11-9-13(10-12-14)20-18-17(22(28)26-20)19(24)15-7-5-6-8-16(15)21(18)27/h5-12H,3-4,24-25H2,1-2H3,(H,26,28). The van der Waals surface area contributed by atoms with Crippen molar-refractivity contribution < 1.29 is 9.59 Å². The molecule has 0 saturated carbocycles. The summed E-state index contributed by atoms with van der Waals surface area (Å²) in [7, 11) is 0. The Kier molecular flexibility index (Phi) is 4.20. The molecule has 0 spiro atoms. The van der Waals surface area contributed by atoms with E-state index >= 15 is 0 Å². The van der Waals surface area contributed by atoms with Gasteiger partial charge in [0.15, 0.2) is 5.78 Å². The molecule has 2 aromatic carbocycles. The summed E-state index contributed by atoms with van der Waals surface area (Å²) in [6.07, 6.45) is 1.65. The normalized spacial score (nSPS) is 16.2. The van der Waals surface area contributed by atoms with Crippen LogP contribution in [0.1, 0.15) is 53.7 Å². The van der Waals surface area contributed by atoms with E-state index in [-0.39, 0.29) is 22.8 Å². The molecule has 1 aliphatic carbocycles. The minimum atomic E-state index is -0.385. The van der Waals surface area contributed by atoms with Crippen molar-refractivity contribution >= 4 is 23.1 Å². The van der Waals surface area contributed by atoms with Crippen LogP contribution in [0.4, 0.5) is 0 Å². The molecule has 1 heterocycles. The van der Waals surface area contributed by atoms with E-state index in [1.165, 1.54) is 0 Å². The van der Waals surface area contributed by atoms with Crippen LogP contribution in [0.5, 0.6) is 0 Å². The minimum absolute atomic E-state index is 0.187. The predicted molar refractivity (Wildman–Crippen MR) is 110 cm³/mol. The Hall–Kier alpha value is -3.18. The monoisotopic (exact) mass is 373 g/mol. The zero-order valence-corrected chi connectivity index (χ0v) is 16.0. The van der Waals surface area contributed by atoms with Gasteiger partial charge in [0.2, 0.25) is 0 Å². The summed E-state index contributed by atoms with van der Waals surface area (Å²) in [4.78, 5) is 25.7. The number of benzene rings is 2. The number of Topliss-reactive ketones (excluding diaryl/α,β-unsaturated/α-hetero) is 1. The Morgan fingerprint density at radius 2 is 1.50 bits per heavy atom. The van der Waals surface area contributed by atoms with Crippen molar-refractivity contribution in [1.29, 1.82) is 0 Å². The van der Waals surface area contributed by atoms with Gasteiger partial charge in [0.05, 0.1) is 22.5 Å². The number of hydrogen-bond donors (Lipinski definition) is 3. The summed E-state index contributed by atoms with van der Waals surface area (Å²) in [6.45, 7) is 4.13. The molecule has 0 atom stereocenters. The molecule has 0 aromatic heterocycles. The van der Waals surface area contributed by atoms with E-state index in [1.807, 2.05) is 24.3 Å². The number of carbonyl (C=O) groups excluding carboxylic acids is 2. The van der Waals surface area contributed by atoms with Crippen LogP contribution in [-0.2, 0) is 10.3 Å². The van der Waals surface area contributed by atoms with Crippen LogP contribution in [0.2, 0.25) is 0 Å². The second kappa shape index (κ2) is 6.46. The van der Waals surface area contributed by atoms with E-state index in [4.69, 9.17) is 11.5 Å². The van der Waals surface area contributed by atoms with E-state index < -0.39 is 0 Å². The molecule has 4 rings (SSSR count). The molecule has 5 nitrogen and oxygen atoms in total. The Labute approximate surface area is 164 Å². The number of hydrogen-bond acceptors (Lipinski definition) is 4. The van der Waals surface area contributed by atoms with Gasteiger partial charge in [0.25, 0.3) is 5.91 Å². The Balaban J connectivity index is 1.85. The van der Waals surface area contributed by atoms with Gasteiger partial charge in [-0.3, -0.25) is 9.59 Å². The van der Waals surface area contributed by atoms with Gasteiger partial charge in [0, 0.05) is 16.7 Å². The zero-order valence-electron chi connectivity index (χ0n) is 16.0. The maximum Gasteiger partial charge on any atom is 0.258 e. The quantitative estimate of drug-likeness (QED) is 0.767. The Bertz CT molecular complexity index is 1060. The SMILES string of the molecule is CCC(N)(CC)c1ccc(C2=C3C(=O)c4ccccc4C(N)=C3C(=O)N2)cc1. The van der Waals surface area contributed by atoms with E-state index in [1.54, 1.807) is 24.3 Å². The van der Waals surface area contributed by atoms with Crippen molar-refractivity contribution in [3.05, 3.63) is 81.9 Å². The summed E-state index contributed by atoms with van der Waals surface area (Å²) < 4.78 is 0. The van der Waals surface area contributed by atoms with Gasteiger partial charge in [0.1, 0.15) is 0 Å². The lowest BCUT2D eigenvalue weighted by Gasteiger charge is -2.27. The third-order valence-corrected chi connectivity index (χ3v) is 5.93. The smallest absolute Gasteiger partial charge is 0.258 e. The molecule has 0 unspecified atom stereocenters. The van der Waals surface area contributed by atoms with Crippen LogP contribution in [0.15, 0.2) is 59.7 Å². The first-order valence-electron chi connectivity index (χ1n) is 9.51. The van der Waals surface area contributed by atoms with Gasteiger partial charge in [-0.25, -0.2) is 0 Å². The molecule has 2 aromatic rings. The minimum Gasteiger partial charge on any atom is -0.398 e. The summed E-state index contributed by atoms with van der Waals surface area (Å²) in [5, 5.41) is 2.84. The molecule has 1 amide bonds. The first-order chi connectivity index (χ1) is 13.4. The Morgan fingerprint density at radius 3 is 2.11 bits per heavy atom. The largest absolute Gasteiger partial charge is 0.398 e. The third kappa shape index (κ3) is 2.51. The molecule has 0 bridgehead atoms. The average molecular weight is 373 g/mol. The summed E-state index contributed by atoms with van der Waals surface area (Å²) in [6, 6.07) is 14.8. The van der Waals surface area contributed by atoms with Crippen LogP contribution < -0.4 is 16.8 Å². The third-order valence-electron chi connectivity index (χ3n) is 5.93. The van der Waals surface area contributed by atoms with Gasteiger partial charge in [-0.2, -0.15) is 0 Å². The molecular weight excluding hydrogens is 350 g/mol. The van der Waals surface area contributed by atoms with Crippen molar-refractivity contribution in [2.24, 2.45) is 11.5 Å². The number of fused-ring (bicyclic) bond motifs is 2. The number of rotatable bonds is 4. The van der Waals surface area contributed by atoms with Gasteiger partial charge in [-0.15, -0.1) is 0 Å². The number of nitrogens with two attached hydrogens (primary N) is 2. The number of amides is 1. The van der Waals surface area contributed by atoms with Crippen molar-refractivity contribution in [3.8, 4) is 0 Å². The van der Waals surface area contributed by atoms with Crippen molar-refractivity contribution in [2.45, 2.75) is 32.2 Å². The first-order valence-corrected chi connectivity index (χ1v) is 9.51.